The lowest BCUT2D eigenvalue weighted by Crippen LogP contribution is -2.23. The number of anilines is 1. The first-order valence-electron chi connectivity index (χ1n) is 7.30. The van der Waals surface area contributed by atoms with E-state index in [9.17, 15) is 9.59 Å². The number of carbonyl (C=O) groups excluding carboxylic acids is 2. The topological polar surface area (TPSA) is 103 Å². The highest BCUT2D eigenvalue weighted by Crippen LogP contribution is 2.23. The van der Waals surface area contributed by atoms with Crippen molar-refractivity contribution >= 4 is 29.3 Å². The fraction of sp³-hybridized carbons (Fsp3) is 0.250. The zero-order valence-electron chi connectivity index (χ0n) is 13.5. The minimum absolute atomic E-state index is 0.169. The van der Waals surface area contributed by atoms with Gasteiger partial charge in [0, 0.05) is 17.8 Å². The lowest BCUT2D eigenvalue weighted by atomic mass is 10.2. The predicted molar refractivity (Wildman–Crippen MR) is 93.9 cm³/mol. The molecule has 0 aliphatic heterocycles. The summed E-state index contributed by atoms with van der Waals surface area (Å²) < 4.78 is 1.89. The number of benzene rings is 1. The molecule has 3 N–H and O–H groups in total. The maximum Gasteiger partial charge on any atom is 0.248 e. The number of nitrogens with one attached hydrogen (secondary N) is 1. The Morgan fingerprint density at radius 2 is 2.04 bits per heavy atom. The van der Waals surface area contributed by atoms with Crippen molar-refractivity contribution in [3.8, 4) is 0 Å². The van der Waals surface area contributed by atoms with E-state index in [1.807, 2.05) is 11.5 Å². The Balaban J connectivity index is 2.02. The molecule has 0 radical (unpaired) electrons. The quantitative estimate of drug-likeness (QED) is 0.590. The molecule has 1 heterocycles. The molecule has 0 saturated carbocycles. The maximum atomic E-state index is 12.3. The standard InChI is InChI=1S/C16H19N5O2S/c1-4-9-21-11(3)19-20-16(21)24-10(2)15(23)18-13-7-5-12(6-8-13)14(17)22/h4-8,10H,1,9H2,2-3H3,(H2,17,22)(H,18,23)/t10-/m0/s1. The molecule has 0 saturated heterocycles. The molecule has 1 aromatic carbocycles. The number of hydrogen-bond acceptors (Lipinski definition) is 5. The summed E-state index contributed by atoms with van der Waals surface area (Å²) in [5, 5.41) is 11.2. The average molecular weight is 345 g/mol. The summed E-state index contributed by atoms with van der Waals surface area (Å²) in [6, 6.07) is 6.42. The second kappa shape index (κ2) is 7.78. The molecular formula is C16H19N5O2S. The number of nitrogens with two attached hydrogens (primary N) is 1. The van der Waals surface area contributed by atoms with Crippen LogP contribution in [0.1, 0.15) is 23.1 Å². The molecule has 0 bridgehead atoms. The highest BCUT2D eigenvalue weighted by molar-refractivity contribution is 8.00. The van der Waals surface area contributed by atoms with Gasteiger partial charge < -0.3 is 15.6 Å². The van der Waals surface area contributed by atoms with Gasteiger partial charge in [0.25, 0.3) is 0 Å². The Morgan fingerprint density at radius 3 is 2.62 bits per heavy atom. The van der Waals surface area contributed by atoms with Crippen molar-refractivity contribution in [2.75, 3.05) is 5.32 Å². The first-order chi connectivity index (χ1) is 11.4. The van der Waals surface area contributed by atoms with Crippen molar-refractivity contribution < 1.29 is 9.59 Å². The number of allylic oxidation sites excluding steroid dienone is 1. The highest BCUT2D eigenvalue weighted by Gasteiger charge is 2.19. The van der Waals surface area contributed by atoms with E-state index in [1.165, 1.54) is 11.8 Å². The third-order valence-corrected chi connectivity index (χ3v) is 4.38. The number of primary amides is 1. The zero-order valence-corrected chi connectivity index (χ0v) is 14.3. The van der Waals surface area contributed by atoms with Crippen LogP contribution in [0.25, 0.3) is 0 Å². The van der Waals surface area contributed by atoms with Crippen LogP contribution in [-0.4, -0.2) is 31.8 Å². The van der Waals surface area contributed by atoms with Gasteiger partial charge in [0.1, 0.15) is 5.82 Å². The summed E-state index contributed by atoms with van der Waals surface area (Å²) in [7, 11) is 0. The number of aromatic nitrogens is 3. The molecule has 24 heavy (non-hydrogen) atoms. The van der Waals surface area contributed by atoms with Crippen LogP contribution in [0.5, 0.6) is 0 Å². The monoisotopic (exact) mass is 345 g/mol. The van der Waals surface area contributed by atoms with Crippen LogP contribution >= 0.6 is 11.8 Å². The van der Waals surface area contributed by atoms with Gasteiger partial charge in [0.05, 0.1) is 5.25 Å². The van der Waals surface area contributed by atoms with Crippen LogP contribution in [-0.2, 0) is 11.3 Å². The fourth-order valence-corrected chi connectivity index (χ4v) is 2.87. The van der Waals surface area contributed by atoms with Crippen molar-refractivity contribution in [1.29, 1.82) is 0 Å². The second-order valence-corrected chi connectivity index (χ2v) is 6.43. The number of amides is 2. The van der Waals surface area contributed by atoms with E-state index in [0.717, 1.165) is 5.82 Å². The van der Waals surface area contributed by atoms with Gasteiger partial charge in [-0.1, -0.05) is 17.8 Å². The Hall–Kier alpha value is -2.61. The Labute approximate surface area is 144 Å². The Bertz CT molecular complexity index is 754. The number of aryl methyl sites for hydroxylation is 1. The van der Waals surface area contributed by atoms with Crippen LogP contribution in [0.2, 0.25) is 0 Å². The van der Waals surface area contributed by atoms with Crippen molar-refractivity contribution in [3.63, 3.8) is 0 Å². The van der Waals surface area contributed by atoms with E-state index in [2.05, 4.69) is 22.1 Å². The molecule has 1 aromatic heterocycles. The zero-order chi connectivity index (χ0) is 17.7. The molecule has 0 aliphatic carbocycles. The summed E-state index contributed by atoms with van der Waals surface area (Å²) in [6.07, 6.45) is 1.76. The minimum Gasteiger partial charge on any atom is -0.366 e. The molecule has 0 fully saturated rings. The smallest absolute Gasteiger partial charge is 0.248 e. The van der Waals surface area contributed by atoms with Crippen molar-refractivity contribution in [3.05, 3.63) is 48.3 Å². The van der Waals surface area contributed by atoms with E-state index >= 15 is 0 Å². The van der Waals surface area contributed by atoms with Gasteiger partial charge in [-0.3, -0.25) is 9.59 Å². The predicted octanol–water partition coefficient (Wildman–Crippen LogP) is 1.99. The SMILES string of the molecule is C=CCn1c(C)nnc1S[C@@H](C)C(=O)Nc1ccc(C(N)=O)cc1. The van der Waals surface area contributed by atoms with E-state index in [1.54, 1.807) is 37.3 Å². The molecule has 126 valence electrons. The summed E-state index contributed by atoms with van der Waals surface area (Å²) in [4.78, 5) is 23.4. The fourth-order valence-electron chi connectivity index (χ4n) is 1.96. The van der Waals surface area contributed by atoms with Crippen molar-refractivity contribution in [2.45, 2.75) is 30.8 Å². The van der Waals surface area contributed by atoms with Gasteiger partial charge in [-0.05, 0) is 38.1 Å². The lowest BCUT2D eigenvalue weighted by Gasteiger charge is -2.12. The molecule has 0 aliphatic rings. The van der Waals surface area contributed by atoms with Gasteiger partial charge in [-0.15, -0.1) is 16.8 Å². The van der Waals surface area contributed by atoms with E-state index in [0.29, 0.717) is 23.0 Å². The van der Waals surface area contributed by atoms with Gasteiger partial charge >= 0.3 is 0 Å². The largest absolute Gasteiger partial charge is 0.366 e. The first kappa shape index (κ1) is 17.7. The number of thioether (sulfide) groups is 1. The molecule has 2 amide bonds. The molecule has 1 atom stereocenters. The number of hydrogen-bond donors (Lipinski definition) is 2. The summed E-state index contributed by atoms with van der Waals surface area (Å²) >= 11 is 1.32. The van der Waals surface area contributed by atoms with Crippen LogP contribution < -0.4 is 11.1 Å². The second-order valence-electron chi connectivity index (χ2n) is 5.12. The number of rotatable bonds is 7. The molecule has 7 nitrogen and oxygen atoms in total. The summed E-state index contributed by atoms with van der Waals surface area (Å²) in [5.74, 6) is 0.0957. The van der Waals surface area contributed by atoms with Crippen LogP contribution in [0.3, 0.4) is 0 Å². The number of carbonyl (C=O) groups is 2. The molecular weight excluding hydrogens is 326 g/mol. The molecule has 2 rings (SSSR count). The third-order valence-electron chi connectivity index (χ3n) is 3.30. The highest BCUT2D eigenvalue weighted by atomic mass is 32.2. The van der Waals surface area contributed by atoms with Crippen molar-refractivity contribution in [1.82, 2.24) is 14.8 Å². The minimum atomic E-state index is -0.506. The van der Waals surface area contributed by atoms with Crippen LogP contribution in [0, 0.1) is 6.92 Å². The van der Waals surface area contributed by atoms with E-state index in [-0.39, 0.29) is 11.2 Å². The van der Waals surface area contributed by atoms with E-state index in [4.69, 9.17) is 5.73 Å². The molecule has 8 heteroatoms. The lowest BCUT2D eigenvalue weighted by molar-refractivity contribution is -0.115. The average Bonchev–Trinajstić information content (AvgIpc) is 2.89. The van der Waals surface area contributed by atoms with Crippen LogP contribution in [0.4, 0.5) is 5.69 Å². The van der Waals surface area contributed by atoms with E-state index < -0.39 is 5.91 Å². The van der Waals surface area contributed by atoms with Gasteiger partial charge in [-0.25, -0.2) is 0 Å². The maximum absolute atomic E-state index is 12.3. The normalized spacial score (nSPS) is 11.8. The van der Waals surface area contributed by atoms with Gasteiger partial charge in [0.2, 0.25) is 11.8 Å². The summed E-state index contributed by atoms with van der Waals surface area (Å²) in [5.41, 5.74) is 6.18. The molecule has 0 unspecified atom stereocenters. The summed E-state index contributed by atoms with van der Waals surface area (Å²) in [6.45, 7) is 7.94. The Morgan fingerprint density at radius 1 is 1.38 bits per heavy atom. The van der Waals surface area contributed by atoms with Gasteiger partial charge in [-0.2, -0.15) is 0 Å². The molecule has 0 spiro atoms. The third kappa shape index (κ3) is 4.23. The number of nitrogens with zero attached hydrogens (tertiary/aromatic N) is 3. The molecule has 2 aromatic rings. The Kier molecular flexibility index (Phi) is 5.75. The van der Waals surface area contributed by atoms with Gasteiger partial charge in [0.15, 0.2) is 5.16 Å². The first-order valence-corrected chi connectivity index (χ1v) is 8.18. The van der Waals surface area contributed by atoms with Crippen molar-refractivity contribution in [2.24, 2.45) is 5.73 Å². The van der Waals surface area contributed by atoms with Crippen LogP contribution in [0.15, 0.2) is 42.1 Å².